The molecule has 0 atom stereocenters. The first-order valence-corrected chi connectivity index (χ1v) is 7.02. The molecule has 2 N–H and O–H groups in total. The smallest absolute Gasteiger partial charge is 0.405 e. The van der Waals surface area contributed by atoms with Crippen LogP contribution in [0.15, 0.2) is 28.8 Å². The SMILES string of the molecule is NC1(c2noc(/C=C/c3ccccc3OC(F)(F)F)n2)CCC1. The summed E-state index contributed by atoms with van der Waals surface area (Å²) in [6.07, 6.45) is 0.686. The highest BCUT2D eigenvalue weighted by molar-refractivity contribution is 5.69. The maximum atomic E-state index is 12.4. The Balaban J connectivity index is 1.78. The maximum absolute atomic E-state index is 12.4. The van der Waals surface area contributed by atoms with E-state index in [0.29, 0.717) is 5.82 Å². The van der Waals surface area contributed by atoms with Crippen molar-refractivity contribution in [3.63, 3.8) is 0 Å². The van der Waals surface area contributed by atoms with Gasteiger partial charge in [-0.25, -0.2) is 0 Å². The molecular formula is C15H14F3N3O2. The van der Waals surface area contributed by atoms with Crippen molar-refractivity contribution < 1.29 is 22.4 Å². The molecule has 1 aromatic carbocycles. The standard InChI is InChI=1S/C15H14F3N3O2/c16-15(17,18)22-11-5-2-1-4-10(11)6-7-12-20-13(21-23-12)14(19)8-3-9-14/h1-2,4-7H,3,8-9,19H2/b7-6+. The van der Waals surface area contributed by atoms with Crippen LogP contribution in [0.2, 0.25) is 0 Å². The lowest BCUT2D eigenvalue weighted by molar-refractivity contribution is -0.274. The van der Waals surface area contributed by atoms with Gasteiger partial charge in [-0.05, 0) is 31.4 Å². The second kappa shape index (κ2) is 5.69. The number of ether oxygens (including phenoxy) is 1. The fourth-order valence-electron chi connectivity index (χ4n) is 2.28. The molecule has 0 bridgehead atoms. The van der Waals surface area contributed by atoms with Gasteiger partial charge in [0, 0.05) is 11.6 Å². The van der Waals surface area contributed by atoms with E-state index in [1.807, 2.05) is 0 Å². The first-order chi connectivity index (χ1) is 10.9. The molecule has 5 nitrogen and oxygen atoms in total. The molecular weight excluding hydrogens is 311 g/mol. The Morgan fingerprint density at radius 3 is 2.61 bits per heavy atom. The van der Waals surface area contributed by atoms with Gasteiger partial charge in [-0.3, -0.25) is 0 Å². The van der Waals surface area contributed by atoms with Crippen molar-refractivity contribution in [3.05, 3.63) is 41.5 Å². The van der Waals surface area contributed by atoms with E-state index in [4.69, 9.17) is 10.3 Å². The van der Waals surface area contributed by atoms with E-state index >= 15 is 0 Å². The molecule has 0 radical (unpaired) electrons. The highest BCUT2D eigenvalue weighted by atomic mass is 19.4. The lowest BCUT2D eigenvalue weighted by Gasteiger charge is -2.34. The second-order valence-corrected chi connectivity index (χ2v) is 5.38. The van der Waals surface area contributed by atoms with Gasteiger partial charge in [-0.1, -0.05) is 23.4 Å². The molecule has 0 unspecified atom stereocenters. The molecule has 1 saturated carbocycles. The number of halogens is 3. The summed E-state index contributed by atoms with van der Waals surface area (Å²) < 4.78 is 46.1. The summed E-state index contributed by atoms with van der Waals surface area (Å²) in [4.78, 5) is 4.17. The van der Waals surface area contributed by atoms with Crippen molar-refractivity contribution in [2.45, 2.75) is 31.2 Å². The van der Waals surface area contributed by atoms with Gasteiger partial charge >= 0.3 is 6.36 Å². The Hall–Kier alpha value is -2.35. The van der Waals surface area contributed by atoms with Gasteiger partial charge in [0.05, 0.1) is 5.54 Å². The molecule has 1 aromatic heterocycles. The van der Waals surface area contributed by atoms with Crippen LogP contribution in [0, 0.1) is 0 Å². The van der Waals surface area contributed by atoms with Crippen LogP contribution in [0.3, 0.4) is 0 Å². The molecule has 23 heavy (non-hydrogen) atoms. The van der Waals surface area contributed by atoms with Gasteiger partial charge in [0.25, 0.3) is 5.89 Å². The van der Waals surface area contributed by atoms with Crippen molar-refractivity contribution in [2.75, 3.05) is 0 Å². The van der Waals surface area contributed by atoms with Crippen molar-refractivity contribution in [3.8, 4) is 5.75 Å². The van der Waals surface area contributed by atoms with Gasteiger partial charge in [-0.15, -0.1) is 13.2 Å². The van der Waals surface area contributed by atoms with Gasteiger partial charge in [0.15, 0.2) is 5.82 Å². The number of alkyl halides is 3. The fourth-order valence-corrected chi connectivity index (χ4v) is 2.28. The minimum absolute atomic E-state index is 0.179. The van der Waals surface area contributed by atoms with Crippen molar-refractivity contribution in [2.24, 2.45) is 5.73 Å². The van der Waals surface area contributed by atoms with E-state index in [2.05, 4.69) is 14.9 Å². The molecule has 1 aliphatic rings. The molecule has 0 saturated heterocycles. The summed E-state index contributed by atoms with van der Waals surface area (Å²) in [6, 6.07) is 5.78. The first-order valence-electron chi connectivity index (χ1n) is 7.02. The Morgan fingerprint density at radius 2 is 1.96 bits per heavy atom. The zero-order chi connectivity index (χ0) is 16.5. The summed E-state index contributed by atoms with van der Waals surface area (Å²) in [5, 5.41) is 3.83. The molecule has 8 heteroatoms. The maximum Gasteiger partial charge on any atom is 0.573 e. The number of nitrogens with zero attached hydrogens (tertiary/aromatic N) is 2. The normalized spacial score (nSPS) is 17.2. The van der Waals surface area contributed by atoms with E-state index in [0.717, 1.165) is 19.3 Å². The van der Waals surface area contributed by atoms with Crippen molar-refractivity contribution in [1.29, 1.82) is 0 Å². The van der Waals surface area contributed by atoms with Crippen LogP contribution in [-0.2, 0) is 5.54 Å². The first kappa shape index (κ1) is 15.5. The quantitative estimate of drug-likeness (QED) is 0.931. The molecule has 0 aliphatic heterocycles. The van der Waals surface area contributed by atoms with E-state index in [1.165, 1.54) is 30.4 Å². The summed E-state index contributed by atoms with van der Waals surface area (Å²) >= 11 is 0. The Morgan fingerprint density at radius 1 is 1.22 bits per heavy atom. The molecule has 1 aliphatic carbocycles. The average molecular weight is 325 g/mol. The summed E-state index contributed by atoms with van der Waals surface area (Å²) in [7, 11) is 0. The monoisotopic (exact) mass is 325 g/mol. The van der Waals surface area contributed by atoms with Crippen LogP contribution in [0.1, 0.15) is 36.5 Å². The average Bonchev–Trinajstić information content (AvgIpc) is 2.91. The van der Waals surface area contributed by atoms with Crippen LogP contribution in [0.5, 0.6) is 5.75 Å². The molecule has 2 aromatic rings. The number of para-hydroxylation sites is 1. The third-order valence-corrected chi connectivity index (χ3v) is 3.68. The molecule has 3 rings (SSSR count). The number of rotatable bonds is 4. The number of hydrogen-bond acceptors (Lipinski definition) is 5. The van der Waals surface area contributed by atoms with E-state index < -0.39 is 11.9 Å². The fraction of sp³-hybridized carbons (Fsp3) is 0.333. The van der Waals surface area contributed by atoms with Crippen LogP contribution < -0.4 is 10.5 Å². The lowest BCUT2D eigenvalue weighted by Crippen LogP contribution is -2.44. The largest absolute Gasteiger partial charge is 0.573 e. The third kappa shape index (κ3) is 3.53. The summed E-state index contributed by atoms with van der Waals surface area (Å²) in [5.74, 6) is 0.298. The minimum Gasteiger partial charge on any atom is -0.405 e. The van der Waals surface area contributed by atoms with Gasteiger partial charge in [-0.2, -0.15) is 4.98 Å². The Labute approximate surface area is 129 Å². The lowest BCUT2D eigenvalue weighted by atomic mass is 9.77. The van der Waals surface area contributed by atoms with Crippen LogP contribution in [0.25, 0.3) is 12.2 Å². The topological polar surface area (TPSA) is 74.2 Å². The van der Waals surface area contributed by atoms with Crippen molar-refractivity contribution >= 4 is 12.2 Å². The summed E-state index contributed by atoms with van der Waals surface area (Å²) in [6.45, 7) is 0. The predicted molar refractivity (Wildman–Crippen MR) is 76.1 cm³/mol. The van der Waals surface area contributed by atoms with E-state index in [-0.39, 0.29) is 17.2 Å². The molecule has 0 amide bonds. The van der Waals surface area contributed by atoms with Crippen LogP contribution >= 0.6 is 0 Å². The van der Waals surface area contributed by atoms with Gasteiger partial charge < -0.3 is 15.0 Å². The van der Waals surface area contributed by atoms with Gasteiger partial charge in [0.2, 0.25) is 0 Å². The van der Waals surface area contributed by atoms with Crippen LogP contribution in [0.4, 0.5) is 13.2 Å². The number of nitrogens with two attached hydrogens (primary N) is 1. The highest BCUT2D eigenvalue weighted by Crippen LogP contribution is 2.37. The molecule has 0 spiro atoms. The molecule has 1 heterocycles. The molecule has 122 valence electrons. The number of benzene rings is 1. The Bertz CT molecular complexity index is 721. The van der Waals surface area contributed by atoms with E-state index in [9.17, 15) is 13.2 Å². The third-order valence-electron chi connectivity index (χ3n) is 3.68. The zero-order valence-corrected chi connectivity index (χ0v) is 12.0. The molecule has 1 fully saturated rings. The highest BCUT2D eigenvalue weighted by Gasteiger charge is 2.38. The van der Waals surface area contributed by atoms with Gasteiger partial charge in [0.1, 0.15) is 5.75 Å². The second-order valence-electron chi connectivity index (χ2n) is 5.38. The van der Waals surface area contributed by atoms with Crippen molar-refractivity contribution in [1.82, 2.24) is 10.1 Å². The van der Waals surface area contributed by atoms with Crippen LogP contribution in [-0.4, -0.2) is 16.5 Å². The summed E-state index contributed by atoms with van der Waals surface area (Å²) in [5.41, 5.74) is 5.78. The zero-order valence-electron chi connectivity index (χ0n) is 12.0. The minimum atomic E-state index is -4.75. The number of aromatic nitrogens is 2. The van der Waals surface area contributed by atoms with E-state index in [1.54, 1.807) is 6.07 Å². The number of hydrogen-bond donors (Lipinski definition) is 1. The Kier molecular flexibility index (Phi) is 3.85. The predicted octanol–water partition coefficient (Wildman–Crippen LogP) is 3.48.